The molecule has 0 spiro atoms. The molecule has 1 fully saturated rings. The Morgan fingerprint density at radius 1 is 0.761 bits per heavy atom. The molecule has 1 aliphatic carbocycles. The van der Waals surface area contributed by atoms with Crippen molar-refractivity contribution in [1.82, 2.24) is 34.4 Å². The van der Waals surface area contributed by atoms with E-state index in [1.165, 1.54) is 11.2 Å². The molecule has 6 aromatic carbocycles. The molecular formula is C70H76N9O12P. The summed E-state index contributed by atoms with van der Waals surface area (Å²) in [6, 6.07) is 50.7. The van der Waals surface area contributed by atoms with Crippen molar-refractivity contribution in [2.45, 2.75) is 102 Å². The number of benzene rings is 6. The molecule has 1 aliphatic heterocycles. The third-order valence-corrected chi connectivity index (χ3v) is 18.4. The van der Waals surface area contributed by atoms with Crippen LogP contribution in [0.2, 0.25) is 0 Å². The third-order valence-electron chi connectivity index (χ3n) is 16.2. The number of hydrogen-bond acceptors (Lipinski definition) is 17. The van der Waals surface area contributed by atoms with Crippen LogP contribution in [0.5, 0.6) is 11.5 Å². The SMILES string of the molecule is COc1ccc(C(OC[C@H]2O[C@@H](n3cnc4c(NC(=O)c5ccc(CNC(=O)COC(=O)CCCN(C)C(=O)OCC6c7ccccc7-c7ccccc76)cc5)ncnc43)CC2OP(OCCC#N)N(C(C)C)C(C)C)(c2ccccc2)c2ccc(OC)cc2)cc1. The van der Waals surface area contributed by atoms with E-state index in [-0.39, 0.29) is 69.6 Å². The monoisotopic (exact) mass is 1270 g/mol. The molecule has 21 nitrogen and oxygen atoms in total. The van der Waals surface area contributed by atoms with Gasteiger partial charge in [-0.2, -0.15) is 5.26 Å². The molecule has 92 heavy (non-hydrogen) atoms. The summed E-state index contributed by atoms with van der Waals surface area (Å²) < 4.78 is 54.1. The average molecular weight is 1270 g/mol. The van der Waals surface area contributed by atoms with Crippen molar-refractivity contribution in [1.29, 1.82) is 5.26 Å². The largest absolute Gasteiger partial charge is 0.497 e. The van der Waals surface area contributed by atoms with Crippen molar-refractivity contribution in [3.63, 3.8) is 0 Å². The number of nitrogens with zero attached hydrogens (tertiary/aromatic N) is 7. The molecule has 478 valence electrons. The molecule has 0 bridgehead atoms. The number of imidazole rings is 1. The zero-order valence-electron chi connectivity index (χ0n) is 52.6. The minimum absolute atomic E-state index is 0.00215. The van der Waals surface area contributed by atoms with Crippen LogP contribution < -0.4 is 20.1 Å². The molecule has 2 aliphatic rings. The quantitative estimate of drug-likeness (QED) is 0.0192. The van der Waals surface area contributed by atoms with Crippen LogP contribution in [0.25, 0.3) is 22.3 Å². The number of nitrogens with one attached hydrogen (secondary N) is 2. The number of ether oxygens (including phenoxy) is 6. The Kier molecular flexibility index (Phi) is 22.0. The predicted molar refractivity (Wildman–Crippen MR) is 346 cm³/mol. The van der Waals surface area contributed by atoms with E-state index in [4.69, 9.17) is 42.5 Å². The van der Waals surface area contributed by atoms with Gasteiger partial charge in [0.25, 0.3) is 20.3 Å². The molecule has 10 rings (SSSR count). The van der Waals surface area contributed by atoms with Crippen LogP contribution in [-0.2, 0) is 49.7 Å². The molecule has 1 saturated heterocycles. The summed E-state index contributed by atoms with van der Waals surface area (Å²) in [7, 11) is 3.14. The van der Waals surface area contributed by atoms with Gasteiger partial charge in [-0.3, -0.25) is 19.0 Å². The van der Waals surface area contributed by atoms with Crippen LogP contribution in [0.4, 0.5) is 10.6 Å². The van der Waals surface area contributed by atoms with Gasteiger partial charge in [0.05, 0.1) is 52.4 Å². The summed E-state index contributed by atoms with van der Waals surface area (Å²) in [6.45, 7) is 8.59. The summed E-state index contributed by atoms with van der Waals surface area (Å²) in [5, 5.41) is 15.2. The lowest BCUT2D eigenvalue weighted by atomic mass is 9.80. The number of fused-ring (bicyclic) bond motifs is 4. The first-order chi connectivity index (χ1) is 44.7. The van der Waals surface area contributed by atoms with E-state index in [0.29, 0.717) is 46.6 Å². The second kappa shape index (κ2) is 30.8. The number of amides is 3. The maximum atomic E-state index is 13.9. The first kappa shape index (κ1) is 65.8. The van der Waals surface area contributed by atoms with Crippen molar-refractivity contribution < 1.29 is 56.6 Å². The number of hydrogen-bond donors (Lipinski definition) is 2. The third kappa shape index (κ3) is 15.3. The summed E-state index contributed by atoms with van der Waals surface area (Å²) in [6.07, 6.45) is 1.22. The number of anilines is 1. The second-order valence-electron chi connectivity index (χ2n) is 22.8. The number of esters is 1. The standard InChI is InChI=1S/C70H76N9O12P/c1-46(2)79(47(3)4)92(89-38-16-36-71)91-60-39-63(90-61(60)42-88-70(50-17-9-8-10-18-50,51-28-32-53(84-6)33-29-51)52-30-34-54(85-7)35-31-52)78-45-75-65-66(73-44-74-67(65)78)76-68(82)49-26-24-48(25-27-49)40-72-62(80)43-86-64(81)23-15-37-77(5)69(83)87-41-59-57-21-13-11-19-55(57)56-20-12-14-22-58(56)59/h8-14,17-22,24-35,44-47,59-61,63H,15-16,23,37-43H2,1-7H3,(H,72,80)(H,73,74,76,82)/t60?,61-,63-,92?/m1/s1. The van der Waals surface area contributed by atoms with E-state index in [1.54, 1.807) is 56.4 Å². The van der Waals surface area contributed by atoms with Crippen molar-refractivity contribution in [3.05, 3.63) is 203 Å². The highest BCUT2D eigenvalue weighted by molar-refractivity contribution is 7.44. The molecule has 4 atom stereocenters. The summed E-state index contributed by atoms with van der Waals surface area (Å²) in [4.78, 5) is 67.3. The summed E-state index contributed by atoms with van der Waals surface area (Å²) in [5.41, 5.74) is 7.59. The molecule has 2 aromatic heterocycles. The summed E-state index contributed by atoms with van der Waals surface area (Å²) in [5.74, 6) is -0.0763. The number of nitriles is 1. The number of carbonyl (C=O) groups excluding carboxylic acids is 4. The Bertz CT molecular complexity index is 3750. The van der Waals surface area contributed by atoms with E-state index in [2.05, 4.69) is 83.3 Å². The van der Waals surface area contributed by atoms with E-state index in [0.717, 1.165) is 38.9 Å². The van der Waals surface area contributed by atoms with Crippen molar-refractivity contribution in [2.75, 3.05) is 59.6 Å². The van der Waals surface area contributed by atoms with Gasteiger partial charge in [0, 0.05) is 56.5 Å². The first-order valence-corrected chi connectivity index (χ1v) is 31.8. The highest BCUT2D eigenvalue weighted by Gasteiger charge is 2.45. The number of rotatable bonds is 29. The molecule has 0 saturated carbocycles. The van der Waals surface area contributed by atoms with Gasteiger partial charge < -0.3 is 53.0 Å². The zero-order valence-corrected chi connectivity index (χ0v) is 53.5. The molecule has 3 amide bonds. The zero-order chi connectivity index (χ0) is 64.7. The normalized spacial score (nSPS) is 15.6. The van der Waals surface area contributed by atoms with E-state index >= 15 is 0 Å². The van der Waals surface area contributed by atoms with Crippen LogP contribution >= 0.6 is 8.53 Å². The Morgan fingerprint density at radius 2 is 1.38 bits per heavy atom. The van der Waals surface area contributed by atoms with Crippen molar-refractivity contribution in [2.24, 2.45) is 0 Å². The van der Waals surface area contributed by atoms with Crippen LogP contribution in [0.1, 0.15) is 109 Å². The van der Waals surface area contributed by atoms with E-state index in [9.17, 15) is 24.4 Å². The molecule has 8 aromatic rings. The maximum Gasteiger partial charge on any atom is 0.409 e. The molecule has 2 N–H and O–H groups in total. The van der Waals surface area contributed by atoms with Crippen molar-refractivity contribution in [3.8, 4) is 28.7 Å². The van der Waals surface area contributed by atoms with E-state index in [1.807, 2.05) is 103 Å². The Morgan fingerprint density at radius 3 is 2.00 bits per heavy atom. The van der Waals surface area contributed by atoms with Crippen LogP contribution in [0.15, 0.2) is 164 Å². The first-order valence-electron chi connectivity index (χ1n) is 30.6. The Balaban J connectivity index is 0.769. The van der Waals surface area contributed by atoms with Gasteiger partial charge in [0.2, 0.25) is 0 Å². The van der Waals surface area contributed by atoms with Crippen molar-refractivity contribution >= 4 is 49.4 Å². The fraction of sp³-hybridized carbons (Fsp3) is 0.343. The molecule has 0 radical (unpaired) electrons. The van der Waals surface area contributed by atoms with Gasteiger partial charge >= 0.3 is 12.1 Å². The lowest BCUT2D eigenvalue weighted by Crippen LogP contribution is -2.39. The van der Waals surface area contributed by atoms with E-state index < -0.39 is 63.0 Å². The van der Waals surface area contributed by atoms with Crippen LogP contribution in [0.3, 0.4) is 0 Å². The lowest BCUT2D eigenvalue weighted by Gasteiger charge is -2.39. The fourth-order valence-corrected chi connectivity index (χ4v) is 13.4. The second-order valence-corrected chi connectivity index (χ2v) is 24.2. The number of methoxy groups -OCH3 is 2. The Labute approximate surface area is 536 Å². The smallest absolute Gasteiger partial charge is 0.409 e. The predicted octanol–water partition coefficient (Wildman–Crippen LogP) is 11.9. The Hall–Kier alpha value is -9.13. The molecule has 3 heterocycles. The average Bonchev–Trinajstić information content (AvgIpc) is 1.05. The molecule has 22 heteroatoms. The highest BCUT2D eigenvalue weighted by atomic mass is 31.2. The maximum absolute atomic E-state index is 13.9. The lowest BCUT2D eigenvalue weighted by molar-refractivity contribution is -0.148. The van der Waals surface area contributed by atoms with Gasteiger partial charge in [0.1, 0.15) is 42.4 Å². The highest BCUT2D eigenvalue weighted by Crippen LogP contribution is 2.51. The van der Waals surface area contributed by atoms with Gasteiger partial charge in [-0.1, -0.05) is 115 Å². The number of aromatic nitrogens is 4. The molecular weight excluding hydrogens is 1190 g/mol. The van der Waals surface area contributed by atoms with Gasteiger partial charge in [0.15, 0.2) is 23.6 Å². The van der Waals surface area contributed by atoms with Crippen LogP contribution in [0, 0.1) is 11.3 Å². The van der Waals surface area contributed by atoms with Gasteiger partial charge in [-0.15, -0.1) is 0 Å². The number of carbonyl (C=O) groups is 4. The summed E-state index contributed by atoms with van der Waals surface area (Å²) >= 11 is 0. The molecule has 2 unspecified atom stereocenters. The minimum atomic E-state index is -1.73. The topological polar surface area (TPSA) is 240 Å². The van der Waals surface area contributed by atoms with Crippen LogP contribution in [-0.4, -0.2) is 131 Å². The van der Waals surface area contributed by atoms with Gasteiger partial charge in [-0.25, -0.2) is 24.4 Å². The van der Waals surface area contributed by atoms with Gasteiger partial charge in [-0.05, 0) is 115 Å². The minimum Gasteiger partial charge on any atom is -0.497 e. The fourth-order valence-electron chi connectivity index (χ4n) is 11.7.